The maximum Gasteiger partial charge on any atom is 0.331 e. The lowest BCUT2D eigenvalue weighted by Gasteiger charge is -2.23. The molecule has 2 nitrogen and oxygen atoms in total. The van der Waals surface area contributed by atoms with Crippen LogP contribution in [0.1, 0.15) is 57.4 Å². The van der Waals surface area contributed by atoms with Gasteiger partial charge in [0.05, 0.1) is 0 Å². The topological polar surface area (TPSA) is 26.3 Å². The summed E-state index contributed by atoms with van der Waals surface area (Å²) in [4.78, 5) is 11.8. The summed E-state index contributed by atoms with van der Waals surface area (Å²) >= 11 is 3.56. The molecule has 1 aromatic rings. The first-order chi connectivity index (χ1) is 10.2. The fraction of sp³-hybridized carbons (Fsp3) is 0.500. The fourth-order valence-electron chi connectivity index (χ4n) is 2.73. The zero-order chi connectivity index (χ0) is 15.1. The molecule has 0 spiro atoms. The molecule has 2 rings (SSSR count). The van der Waals surface area contributed by atoms with Crippen molar-refractivity contribution in [3.05, 3.63) is 40.4 Å². The van der Waals surface area contributed by atoms with Crippen molar-refractivity contribution < 1.29 is 9.53 Å². The molecular formula is C18H23BrO2. The number of rotatable bonds is 7. The van der Waals surface area contributed by atoms with E-state index in [1.165, 1.54) is 25.7 Å². The van der Waals surface area contributed by atoms with Crippen LogP contribution in [0, 0.1) is 0 Å². The van der Waals surface area contributed by atoms with E-state index in [1.807, 2.05) is 24.3 Å². The van der Waals surface area contributed by atoms with E-state index in [4.69, 9.17) is 4.74 Å². The van der Waals surface area contributed by atoms with Gasteiger partial charge in [-0.05, 0) is 30.0 Å². The highest BCUT2D eigenvalue weighted by atomic mass is 79.9. The Bertz CT molecular complexity index is 508. The van der Waals surface area contributed by atoms with Gasteiger partial charge >= 0.3 is 5.97 Å². The smallest absolute Gasteiger partial charge is 0.331 e. The molecule has 0 bridgehead atoms. The van der Waals surface area contributed by atoms with Crippen LogP contribution in [0.15, 0.2) is 34.8 Å². The van der Waals surface area contributed by atoms with Gasteiger partial charge in [-0.3, -0.25) is 0 Å². The van der Waals surface area contributed by atoms with Crippen molar-refractivity contribution in [2.75, 3.05) is 0 Å². The number of hydrogen-bond donors (Lipinski definition) is 0. The summed E-state index contributed by atoms with van der Waals surface area (Å²) in [5.41, 5.74) is 2.18. The van der Waals surface area contributed by atoms with Crippen molar-refractivity contribution >= 4 is 27.5 Å². The largest absolute Gasteiger partial charge is 0.459 e. The standard InChI is InChI=1S/C18H23BrO2/c1-2-3-4-5-6-9-15-12-14(13-18(20)21-15)16-10-7-8-11-17(16)19/h7-8,10-11,13,15H,2-6,9,12H2,1H3. The molecule has 0 saturated carbocycles. The quantitative estimate of drug-likeness (QED) is 0.478. The SMILES string of the molecule is CCCCCCCC1CC(c2ccccc2Br)=CC(=O)O1. The van der Waals surface area contributed by atoms with Gasteiger partial charge in [0.25, 0.3) is 0 Å². The summed E-state index contributed by atoms with van der Waals surface area (Å²) in [7, 11) is 0. The molecule has 0 amide bonds. The van der Waals surface area contributed by atoms with E-state index in [1.54, 1.807) is 6.08 Å². The molecule has 0 aliphatic carbocycles. The van der Waals surface area contributed by atoms with Crippen molar-refractivity contribution in [2.24, 2.45) is 0 Å². The number of esters is 1. The van der Waals surface area contributed by atoms with Gasteiger partial charge in [-0.2, -0.15) is 0 Å². The summed E-state index contributed by atoms with van der Waals surface area (Å²) in [6.07, 6.45) is 9.67. The van der Waals surface area contributed by atoms with Crippen LogP contribution in [-0.2, 0) is 9.53 Å². The summed E-state index contributed by atoms with van der Waals surface area (Å²) < 4.78 is 6.49. The monoisotopic (exact) mass is 350 g/mol. The van der Waals surface area contributed by atoms with Crippen LogP contribution in [0.4, 0.5) is 0 Å². The fourth-order valence-corrected chi connectivity index (χ4v) is 3.27. The maximum absolute atomic E-state index is 11.8. The molecule has 3 heteroatoms. The van der Waals surface area contributed by atoms with Crippen molar-refractivity contribution in [3.63, 3.8) is 0 Å². The van der Waals surface area contributed by atoms with E-state index in [2.05, 4.69) is 22.9 Å². The van der Waals surface area contributed by atoms with Gasteiger partial charge in [-0.1, -0.05) is 66.7 Å². The van der Waals surface area contributed by atoms with E-state index >= 15 is 0 Å². The molecular weight excluding hydrogens is 328 g/mol. The van der Waals surface area contributed by atoms with Gasteiger partial charge in [0.2, 0.25) is 0 Å². The van der Waals surface area contributed by atoms with Crippen LogP contribution in [0.5, 0.6) is 0 Å². The maximum atomic E-state index is 11.8. The van der Waals surface area contributed by atoms with Crippen molar-refractivity contribution in [1.29, 1.82) is 0 Å². The van der Waals surface area contributed by atoms with Gasteiger partial charge in [-0.15, -0.1) is 0 Å². The Morgan fingerprint density at radius 1 is 1.19 bits per heavy atom. The Morgan fingerprint density at radius 2 is 1.95 bits per heavy atom. The Hall–Kier alpha value is -1.09. The molecule has 0 saturated heterocycles. The van der Waals surface area contributed by atoms with E-state index in [-0.39, 0.29) is 12.1 Å². The van der Waals surface area contributed by atoms with Crippen LogP contribution in [0.2, 0.25) is 0 Å². The highest BCUT2D eigenvalue weighted by molar-refractivity contribution is 9.10. The van der Waals surface area contributed by atoms with Crippen LogP contribution in [0.3, 0.4) is 0 Å². The molecule has 1 aromatic carbocycles. The van der Waals surface area contributed by atoms with Gasteiger partial charge in [0, 0.05) is 17.0 Å². The summed E-state index contributed by atoms with van der Waals surface area (Å²) in [5, 5.41) is 0. The second-order valence-corrected chi connectivity index (χ2v) is 6.47. The number of cyclic esters (lactones) is 1. The minimum atomic E-state index is -0.203. The zero-order valence-corrected chi connectivity index (χ0v) is 14.2. The molecule has 1 unspecified atom stereocenters. The minimum Gasteiger partial charge on any atom is -0.459 e. The third-order valence-corrected chi connectivity index (χ3v) is 4.56. The summed E-state index contributed by atoms with van der Waals surface area (Å²) in [6, 6.07) is 8.05. The second-order valence-electron chi connectivity index (χ2n) is 5.62. The molecule has 21 heavy (non-hydrogen) atoms. The Morgan fingerprint density at radius 3 is 2.71 bits per heavy atom. The number of halogens is 1. The number of unbranched alkanes of at least 4 members (excludes halogenated alkanes) is 4. The van der Waals surface area contributed by atoms with Gasteiger partial charge in [0.1, 0.15) is 6.10 Å². The van der Waals surface area contributed by atoms with Gasteiger partial charge in [0.15, 0.2) is 0 Å². The van der Waals surface area contributed by atoms with E-state index in [9.17, 15) is 4.79 Å². The number of hydrogen-bond acceptors (Lipinski definition) is 2. The average molecular weight is 351 g/mol. The molecule has 1 atom stereocenters. The van der Waals surface area contributed by atoms with E-state index < -0.39 is 0 Å². The summed E-state index contributed by atoms with van der Waals surface area (Å²) in [6.45, 7) is 2.22. The zero-order valence-electron chi connectivity index (χ0n) is 12.6. The van der Waals surface area contributed by atoms with Crippen LogP contribution >= 0.6 is 15.9 Å². The third kappa shape index (κ3) is 4.99. The number of carbonyl (C=O) groups is 1. The normalized spacial score (nSPS) is 18.3. The number of ether oxygens (including phenoxy) is 1. The lowest BCUT2D eigenvalue weighted by Crippen LogP contribution is -2.22. The highest BCUT2D eigenvalue weighted by Crippen LogP contribution is 2.32. The molecule has 0 N–H and O–H groups in total. The van der Waals surface area contributed by atoms with Crippen LogP contribution in [0.25, 0.3) is 5.57 Å². The van der Waals surface area contributed by atoms with E-state index in [0.29, 0.717) is 0 Å². The number of carbonyl (C=O) groups excluding carboxylic acids is 1. The first kappa shape index (κ1) is 16.3. The van der Waals surface area contributed by atoms with Crippen LogP contribution < -0.4 is 0 Å². The molecule has 114 valence electrons. The molecule has 0 aromatic heterocycles. The molecule has 1 aliphatic rings. The summed E-state index contributed by atoms with van der Waals surface area (Å²) in [5.74, 6) is -0.203. The van der Waals surface area contributed by atoms with Crippen molar-refractivity contribution in [2.45, 2.75) is 58.0 Å². The first-order valence-corrected chi connectivity index (χ1v) is 8.66. The third-order valence-electron chi connectivity index (χ3n) is 3.87. The minimum absolute atomic E-state index is 0.0335. The van der Waals surface area contributed by atoms with Crippen molar-refractivity contribution in [1.82, 2.24) is 0 Å². The lowest BCUT2D eigenvalue weighted by atomic mass is 9.95. The Labute approximate surface area is 135 Å². The van der Waals surface area contributed by atoms with Crippen molar-refractivity contribution in [3.8, 4) is 0 Å². The average Bonchev–Trinajstić information content (AvgIpc) is 2.47. The molecule has 1 aliphatic heterocycles. The molecule has 0 fully saturated rings. The second kappa shape index (κ2) is 8.38. The van der Waals surface area contributed by atoms with E-state index in [0.717, 1.165) is 34.9 Å². The predicted molar refractivity (Wildman–Crippen MR) is 90.0 cm³/mol. The Kier molecular flexibility index (Phi) is 6.50. The van der Waals surface area contributed by atoms with Gasteiger partial charge < -0.3 is 4.74 Å². The Balaban J connectivity index is 1.93. The molecule has 1 heterocycles. The van der Waals surface area contributed by atoms with Crippen LogP contribution in [-0.4, -0.2) is 12.1 Å². The first-order valence-electron chi connectivity index (χ1n) is 7.86. The molecule has 0 radical (unpaired) electrons. The predicted octanol–water partition coefficient (Wildman–Crippen LogP) is 5.51. The number of benzene rings is 1. The highest BCUT2D eigenvalue weighted by Gasteiger charge is 2.22. The van der Waals surface area contributed by atoms with Gasteiger partial charge in [-0.25, -0.2) is 4.79 Å². The lowest BCUT2D eigenvalue weighted by molar-refractivity contribution is -0.144.